The quantitative estimate of drug-likeness (QED) is 0.928. The lowest BCUT2D eigenvalue weighted by molar-refractivity contribution is -0.129. The summed E-state index contributed by atoms with van der Waals surface area (Å²) < 4.78 is 5.33. The zero-order valence-corrected chi connectivity index (χ0v) is 13.6. The van der Waals surface area contributed by atoms with Crippen LogP contribution in [0.15, 0.2) is 24.3 Å². The molecule has 0 aromatic heterocycles. The molecule has 1 aromatic carbocycles. The maximum Gasteiger partial charge on any atom is 0.237 e. The number of morpholine rings is 1. The monoisotopic (exact) mass is 310 g/mol. The number of amides is 1. The van der Waals surface area contributed by atoms with Crippen molar-refractivity contribution in [2.45, 2.75) is 32.4 Å². The van der Waals surface area contributed by atoms with E-state index in [1.54, 1.807) is 0 Å². The third-order valence-corrected chi connectivity index (χ3v) is 4.23. The minimum absolute atomic E-state index is 0.0388. The van der Waals surface area contributed by atoms with E-state index in [-0.39, 0.29) is 11.9 Å². The standard InChI is InChI=1S/C16H23ClN2O2/c1-12(19-8-10-21-11-9-19)15(20)18-16(2,3)13-4-6-14(17)7-5-13/h4-7,12H,8-11H2,1-3H3,(H,18,20). The third-order valence-electron chi connectivity index (χ3n) is 3.97. The Bertz CT molecular complexity index is 482. The van der Waals surface area contributed by atoms with Crippen molar-refractivity contribution in [2.75, 3.05) is 26.3 Å². The topological polar surface area (TPSA) is 41.6 Å². The van der Waals surface area contributed by atoms with Gasteiger partial charge in [-0.1, -0.05) is 23.7 Å². The molecule has 0 radical (unpaired) electrons. The predicted octanol–water partition coefficient (Wildman–Crippen LogP) is 2.41. The number of nitrogens with zero attached hydrogens (tertiary/aromatic N) is 1. The number of benzene rings is 1. The van der Waals surface area contributed by atoms with Gasteiger partial charge in [-0.3, -0.25) is 9.69 Å². The van der Waals surface area contributed by atoms with Crippen molar-refractivity contribution in [3.05, 3.63) is 34.9 Å². The van der Waals surface area contributed by atoms with E-state index >= 15 is 0 Å². The van der Waals surface area contributed by atoms with Crippen LogP contribution in [0, 0.1) is 0 Å². The largest absolute Gasteiger partial charge is 0.379 e. The van der Waals surface area contributed by atoms with Crippen LogP contribution in [-0.2, 0) is 15.1 Å². The SMILES string of the molecule is CC(C(=O)NC(C)(C)c1ccc(Cl)cc1)N1CCOCC1. The molecule has 0 saturated carbocycles. The molecule has 1 heterocycles. The second-order valence-corrected chi connectivity index (χ2v) is 6.38. The smallest absolute Gasteiger partial charge is 0.237 e. The van der Waals surface area contributed by atoms with Crippen LogP contribution in [0.2, 0.25) is 5.02 Å². The van der Waals surface area contributed by atoms with Gasteiger partial charge in [-0.05, 0) is 38.5 Å². The van der Waals surface area contributed by atoms with Crippen LogP contribution in [0.1, 0.15) is 26.3 Å². The fourth-order valence-corrected chi connectivity index (χ4v) is 2.61. The summed E-state index contributed by atoms with van der Waals surface area (Å²) in [4.78, 5) is 14.6. The first-order valence-electron chi connectivity index (χ1n) is 7.30. The number of carbonyl (C=O) groups is 1. The molecule has 1 N–H and O–H groups in total. The van der Waals surface area contributed by atoms with Crippen molar-refractivity contribution < 1.29 is 9.53 Å². The first kappa shape index (κ1) is 16.3. The molecule has 21 heavy (non-hydrogen) atoms. The molecule has 0 bridgehead atoms. The van der Waals surface area contributed by atoms with Crippen LogP contribution < -0.4 is 5.32 Å². The van der Waals surface area contributed by atoms with Gasteiger partial charge in [-0.25, -0.2) is 0 Å². The van der Waals surface area contributed by atoms with Gasteiger partial charge in [0.2, 0.25) is 5.91 Å². The molecular formula is C16H23ClN2O2. The van der Waals surface area contributed by atoms with E-state index in [2.05, 4.69) is 10.2 Å². The van der Waals surface area contributed by atoms with Gasteiger partial charge in [0.25, 0.3) is 0 Å². The molecule has 1 fully saturated rings. The zero-order chi connectivity index (χ0) is 15.5. The highest BCUT2D eigenvalue weighted by atomic mass is 35.5. The molecule has 2 rings (SSSR count). The number of rotatable bonds is 4. The second kappa shape index (κ2) is 6.77. The van der Waals surface area contributed by atoms with Gasteiger partial charge < -0.3 is 10.1 Å². The molecule has 1 aliphatic heterocycles. The Balaban J connectivity index is 2.01. The van der Waals surface area contributed by atoms with Crippen LogP contribution in [0.25, 0.3) is 0 Å². The first-order chi connectivity index (χ1) is 9.90. The predicted molar refractivity (Wildman–Crippen MR) is 84.5 cm³/mol. The molecule has 116 valence electrons. The van der Waals surface area contributed by atoms with Crippen molar-refractivity contribution in [1.29, 1.82) is 0 Å². The van der Waals surface area contributed by atoms with Gasteiger partial charge in [0.05, 0.1) is 24.8 Å². The third kappa shape index (κ3) is 4.19. The zero-order valence-electron chi connectivity index (χ0n) is 12.9. The summed E-state index contributed by atoms with van der Waals surface area (Å²) in [5.74, 6) is 0.0388. The summed E-state index contributed by atoms with van der Waals surface area (Å²) >= 11 is 5.91. The Morgan fingerprint density at radius 2 is 1.86 bits per heavy atom. The molecule has 5 heteroatoms. The summed E-state index contributed by atoms with van der Waals surface area (Å²) in [5, 5.41) is 3.82. The highest BCUT2D eigenvalue weighted by Gasteiger charge is 2.28. The maximum atomic E-state index is 12.5. The minimum Gasteiger partial charge on any atom is -0.379 e. The molecular weight excluding hydrogens is 288 g/mol. The van der Waals surface area contributed by atoms with E-state index in [0.29, 0.717) is 18.2 Å². The first-order valence-corrected chi connectivity index (χ1v) is 7.68. The van der Waals surface area contributed by atoms with E-state index in [1.165, 1.54) is 0 Å². The van der Waals surface area contributed by atoms with Gasteiger partial charge >= 0.3 is 0 Å². The molecule has 1 aliphatic rings. The van der Waals surface area contributed by atoms with Gasteiger partial charge in [0.1, 0.15) is 0 Å². The highest BCUT2D eigenvalue weighted by Crippen LogP contribution is 2.22. The van der Waals surface area contributed by atoms with Crippen molar-refractivity contribution in [2.24, 2.45) is 0 Å². The van der Waals surface area contributed by atoms with Gasteiger partial charge in [0, 0.05) is 18.1 Å². The number of nitrogens with one attached hydrogen (secondary N) is 1. The average molecular weight is 311 g/mol. The summed E-state index contributed by atoms with van der Waals surface area (Å²) in [5.41, 5.74) is 0.608. The Labute approximate surface area is 131 Å². The Kier molecular flexibility index (Phi) is 5.25. The number of ether oxygens (including phenoxy) is 1. The molecule has 1 unspecified atom stereocenters. The van der Waals surface area contributed by atoms with Crippen LogP contribution in [-0.4, -0.2) is 43.2 Å². The fourth-order valence-electron chi connectivity index (χ4n) is 2.48. The number of hydrogen-bond donors (Lipinski definition) is 1. The molecule has 0 spiro atoms. The summed E-state index contributed by atoms with van der Waals surface area (Å²) in [6, 6.07) is 7.43. The van der Waals surface area contributed by atoms with E-state index in [4.69, 9.17) is 16.3 Å². The summed E-state index contributed by atoms with van der Waals surface area (Å²) in [6.07, 6.45) is 0. The normalized spacial score (nSPS) is 18.3. The van der Waals surface area contributed by atoms with Gasteiger partial charge in [0.15, 0.2) is 0 Å². The van der Waals surface area contributed by atoms with Gasteiger partial charge in [-0.15, -0.1) is 0 Å². The lowest BCUT2D eigenvalue weighted by Crippen LogP contribution is -2.53. The Morgan fingerprint density at radius 1 is 1.29 bits per heavy atom. The van der Waals surface area contributed by atoms with Crippen molar-refractivity contribution >= 4 is 17.5 Å². The fraction of sp³-hybridized carbons (Fsp3) is 0.562. The van der Waals surface area contributed by atoms with E-state index in [9.17, 15) is 4.79 Å². The van der Waals surface area contributed by atoms with Crippen molar-refractivity contribution in [3.63, 3.8) is 0 Å². The molecule has 0 aliphatic carbocycles. The van der Waals surface area contributed by atoms with Crippen LogP contribution in [0.3, 0.4) is 0 Å². The van der Waals surface area contributed by atoms with Crippen LogP contribution >= 0.6 is 11.6 Å². The minimum atomic E-state index is -0.428. The number of halogens is 1. The van der Waals surface area contributed by atoms with Crippen molar-refractivity contribution in [3.8, 4) is 0 Å². The molecule has 4 nitrogen and oxygen atoms in total. The Morgan fingerprint density at radius 3 is 2.43 bits per heavy atom. The molecule has 1 amide bonds. The van der Waals surface area contributed by atoms with Gasteiger partial charge in [-0.2, -0.15) is 0 Å². The number of carbonyl (C=O) groups excluding carboxylic acids is 1. The van der Waals surface area contributed by atoms with E-state index in [1.807, 2.05) is 45.0 Å². The molecule has 1 aromatic rings. The highest BCUT2D eigenvalue weighted by molar-refractivity contribution is 6.30. The maximum absolute atomic E-state index is 12.5. The molecule has 1 saturated heterocycles. The summed E-state index contributed by atoms with van der Waals surface area (Å²) in [7, 11) is 0. The van der Waals surface area contributed by atoms with Crippen LogP contribution in [0.4, 0.5) is 0 Å². The Hall–Kier alpha value is -1.10. The lowest BCUT2D eigenvalue weighted by Gasteiger charge is -2.34. The summed E-state index contributed by atoms with van der Waals surface area (Å²) in [6.45, 7) is 8.93. The van der Waals surface area contributed by atoms with Crippen LogP contribution in [0.5, 0.6) is 0 Å². The second-order valence-electron chi connectivity index (χ2n) is 5.95. The molecule has 1 atom stereocenters. The van der Waals surface area contributed by atoms with E-state index in [0.717, 1.165) is 18.7 Å². The average Bonchev–Trinajstić information content (AvgIpc) is 2.47. The van der Waals surface area contributed by atoms with Crippen molar-refractivity contribution in [1.82, 2.24) is 10.2 Å². The lowest BCUT2D eigenvalue weighted by atomic mass is 9.94. The van der Waals surface area contributed by atoms with E-state index < -0.39 is 5.54 Å². The number of hydrogen-bond acceptors (Lipinski definition) is 3.